The maximum absolute atomic E-state index is 11.2. The van der Waals surface area contributed by atoms with E-state index in [1.54, 1.807) is 24.3 Å². The lowest BCUT2D eigenvalue weighted by Gasteiger charge is -2.23. The number of hydrogen-bond acceptors (Lipinski definition) is 8. The van der Waals surface area contributed by atoms with E-state index in [1.165, 1.54) is 12.1 Å². The highest BCUT2D eigenvalue weighted by Gasteiger charge is 2.15. The highest BCUT2D eigenvalue weighted by Crippen LogP contribution is 2.18. The molecule has 0 saturated heterocycles. The van der Waals surface area contributed by atoms with E-state index >= 15 is 0 Å². The smallest absolute Gasteiger partial charge is 0.269 e. The molecule has 2 aromatic carbocycles. The van der Waals surface area contributed by atoms with Crippen molar-refractivity contribution in [2.45, 2.75) is 32.6 Å². The van der Waals surface area contributed by atoms with E-state index in [2.05, 4.69) is 15.1 Å². The molecule has 0 amide bonds. The Morgan fingerprint density at radius 1 is 0.750 bits per heavy atom. The number of non-ortho nitro benzene ring substituents is 2. The van der Waals surface area contributed by atoms with E-state index in [-0.39, 0.29) is 21.2 Å². The predicted octanol–water partition coefficient (Wildman–Crippen LogP) is 3.90. The van der Waals surface area contributed by atoms with Gasteiger partial charge in [-0.25, -0.2) is 0 Å². The topological polar surface area (TPSA) is 118 Å². The lowest BCUT2D eigenvalue weighted by Crippen LogP contribution is -2.32. The Morgan fingerprint density at radius 3 is 1.83 bits per heavy atom. The van der Waals surface area contributed by atoms with Gasteiger partial charge in [0.2, 0.25) is 0 Å². The molecule has 10 heteroatoms. The van der Waals surface area contributed by atoms with Crippen LogP contribution in [-0.4, -0.2) is 50.8 Å². The molecule has 2 heterocycles. The Bertz CT molecular complexity index is 1120. The summed E-state index contributed by atoms with van der Waals surface area (Å²) < 4.78 is 0. The molecule has 36 heavy (non-hydrogen) atoms. The number of rotatable bonds is 6. The fourth-order valence-corrected chi connectivity index (χ4v) is 4.43. The molecular formula is C26H30N6O4. The molecule has 2 bridgehead atoms. The van der Waals surface area contributed by atoms with Gasteiger partial charge in [0.1, 0.15) is 0 Å². The van der Waals surface area contributed by atoms with Crippen molar-refractivity contribution in [3.63, 3.8) is 0 Å². The van der Waals surface area contributed by atoms with Gasteiger partial charge in [-0.1, -0.05) is 30.3 Å². The molecule has 3 aromatic rings. The largest absolute Gasteiger partial charge is 0.315 e. The number of pyridine rings is 1. The van der Waals surface area contributed by atoms with E-state index in [0.717, 1.165) is 55.1 Å². The van der Waals surface area contributed by atoms with E-state index in [1.807, 2.05) is 30.3 Å². The van der Waals surface area contributed by atoms with Crippen LogP contribution in [0.2, 0.25) is 0 Å². The van der Waals surface area contributed by atoms with E-state index in [0.29, 0.717) is 26.2 Å². The van der Waals surface area contributed by atoms with Gasteiger partial charge in [0, 0.05) is 70.1 Å². The van der Waals surface area contributed by atoms with E-state index in [4.69, 9.17) is 4.98 Å². The summed E-state index contributed by atoms with van der Waals surface area (Å²) in [5, 5.41) is 25.9. The molecule has 10 nitrogen and oxygen atoms in total. The van der Waals surface area contributed by atoms with Crippen molar-refractivity contribution >= 4 is 11.4 Å². The average molecular weight is 491 g/mol. The molecule has 0 radical (unpaired) electrons. The van der Waals surface area contributed by atoms with Crippen molar-refractivity contribution in [3.05, 3.63) is 109 Å². The summed E-state index contributed by atoms with van der Waals surface area (Å²) in [5.41, 5.74) is 3.88. The van der Waals surface area contributed by atoms with Gasteiger partial charge in [-0.2, -0.15) is 0 Å². The van der Waals surface area contributed by atoms with Crippen LogP contribution in [0.5, 0.6) is 0 Å². The van der Waals surface area contributed by atoms with Gasteiger partial charge < -0.3 is 5.32 Å². The number of hydrogen-bond donors (Lipinski definition) is 1. The summed E-state index contributed by atoms with van der Waals surface area (Å²) in [6.07, 6.45) is 0.930. The third-order valence-corrected chi connectivity index (χ3v) is 6.12. The molecule has 1 aliphatic heterocycles. The first-order chi connectivity index (χ1) is 17.5. The summed E-state index contributed by atoms with van der Waals surface area (Å²) in [4.78, 5) is 31.0. The monoisotopic (exact) mass is 490 g/mol. The molecule has 0 unspecified atom stereocenters. The van der Waals surface area contributed by atoms with Crippen LogP contribution in [0, 0.1) is 20.2 Å². The molecule has 1 aliphatic rings. The first-order valence-electron chi connectivity index (χ1n) is 12.0. The molecular weight excluding hydrogens is 460 g/mol. The second kappa shape index (κ2) is 12.3. The van der Waals surface area contributed by atoms with Crippen LogP contribution in [-0.2, 0) is 26.2 Å². The van der Waals surface area contributed by atoms with Crippen molar-refractivity contribution in [1.82, 2.24) is 20.1 Å². The molecule has 1 N–H and O–H groups in total. The van der Waals surface area contributed by atoms with Crippen LogP contribution >= 0.6 is 0 Å². The number of nitro benzene ring substituents is 2. The van der Waals surface area contributed by atoms with Crippen LogP contribution in [0.1, 0.15) is 28.9 Å². The Kier molecular flexibility index (Phi) is 8.66. The first-order valence-corrected chi connectivity index (χ1v) is 12.0. The molecule has 0 aliphatic carbocycles. The zero-order valence-corrected chi connectivity index (χ0v) is 20.1. The SMILES string of the molecule is O=[N+]([O-])c1cccc(CN2CCCNCCN(Cc3cccc([N+](=O)[O-])c3)Cc3cccc(n3)C2)c1. The normalized spacial score (nSPS) is 15.9. The first kappa shape index (κ1) is 25.4. The molecule has 188 valence electrons. The highest BCUT2D eigenvalue weighted by molar-refractivity contribution is 5.35. The molecule has 0 saturated carbocycles. The van der Waals surface area contributed by atoms with Crippen LogP contribution in [0.15, 0.2) is 66.7 Å². The number of nitrogens with zero attached hydrogens (tertiary/aromatic N) is 5. The number of benzene rings is 2. The second-order valence-electron chi connectivity index (χ2n) is 9.00. The van der Waals surface area contributed by atoms with Crippen LogP contribution in [0.3, 0.4) is 0 Å². The third kappa shape index (κ3) is 7.38. The van der Waals surface area contributed by atoms with Crippen molar-refractivity contribution < 1.29 is 9.85 Å². The van der Waals surface area contributed by atoms with E-state index in [9.17, 15) is 20.2 Å². The van der Waals surface area contributed by atoms with Crippen LogP contribution in [0.25, 0.3) is 0 Å². The summed E-state index contributed by atoms with van der Waals surface area (Å²) in [6.45, 7) is 5.72. The summed E-state index contributed by atoms with van der Waals surface area (Å²) in [5.74, 6) is 0. The standard InChI is InChI=1S/C26H30N6O4/c33-31(34)25-9-1-5-21(15-25)17-29-13-4-11-27-12-14-30(20-24-8-3-7-23(19-29)28-24)18-22-6-2-10-26(16-22)32(35)36/h1-3,5-10,15-16,27H,4,11-14,17-20H2. The van der Waals surface area contributed by atoms with Crippen LogP contribution < -0.4 is 5.32 Å². The van der Waals surface area contributed by atoms with Crippen LogP contribution in [0.4, 0.5) is 11.4 Å². The number of aromatic nitrogens is 1. The second-order valence-corrected chi connectivity index (χ2v) is 9.00. The molecule has 0 spiro atoms. The minimum Gasteiger partial charge on any atom is -0.315 e. The van der Waals surface area contributed by atoms with Crippen molar-refractivity contribution in [1.29, 1.82) is 0 Å². The zero-order valence-electron chi connectivity index (χ0n) is 20.1. The van der Waals surface area contributed by atoms with Gasteiger partial charge in [0.15, 0.2) is 0 Å². The highest BCUT2D eigenvalue weighted by atomic mass is 16.6. The number of nitrogens with one attached hydrogen (secondary N) is 1. The van der Waals surface area contributed by atoms with Crippen molar-refractivity contribution in [2.24, 2.45) is 0 Å². The van der Waals surface area contributed by atoms with Gasteiger partial charge in [-0.15, -0.1) is 0 Å². The molecule has 4 rings (SSSR count). The Balaban J connectivity index is 1.50. The van der Waals surface area contributed by atoms with Crippen molar-refractivity contribution in [3.8, 4) is 0 Å². The fraction of sp³-hybridized carbons (Fsp3) is 0.346. The molecule has 1 aromatic heterocycles. The molecule has 0 fully saturated rings. The quantitative estimate of drug-likeness (QED) is 0.408. The number of fused-ring (bicyclic) bond motifs is 2. The lowest BCUT2D eigenvalue weighted by atomic mass is 10.1. The van der Waals surface area contributed by atoms with Gasteiger partial charge in [-0.05, 0) is 36.2 Å². The van der Waals surface area contributed by atoms with E-state index < -0.39 is 0 Å². The minimum atomic E-state index is -0.366. The fourth-order valence-electron chi connectivity index (χ4n) is 4.43. The van der Waals surface area contributed by atoms with Gasteiger partial charge in [0.25, 0.3) is 11.4 Å². The lowest BCUT2D eigenvalue weighted by molar-refractivity contribution is -0.385. The number of nitro groups is 2. The minimum absolute atomic E-state index is 0.0976. The van der Waals surface area contributed by atoms with Gasteiger partial charge in [0.05, 0.1) is 21.2 Å². The van der Waals surface area contributed by atoms with Gasteiger partial charge in [-0.3, -0.25) is 35.0 Å². The summed E-state index contributed by atoms with van der Waals surface area (Å²) >= 11 is 0. The van der Waals surface area contributed by atoms with Gasteiger partial charge >= 0.3 is 0 Å². The van der Waals surface area contributed by atoms with Crippen molar-refractivity contribution in [2.75, 3.05) is 26.2 Å². The maximum Gasteiger partial charge on any atom is 0.269 e. The summed E-state index contributed by atoms with van der Waals surface area (Å²) in [7, 11) is 0. The summed E-state index contributed by atoms with van der Waals surface area (Å²) in [6, 6.07) is 19.6. The Hall–Kier alpha value is -3.73. The Labute approximate surface area is 209 Å². The molecule has 0 atom stereocenters. The Morgan fingerprint density at radius 2 is 1.28 bits per heavy atom. The maximum atomic E-state index is 11.2. The third-order valence-electron chi connectivity index (χ3n) is 6.12. The predicted molar refractivity (Wildman–Crippen MR) is 136 cm³/mol. The average Bonchev–Trinajstić information content (AvgIpc) is 2.87. The zero-order chi connectivity index (χ0) is 25.3.